The molecule has 1 aromatic carbocycles. The molecule has 0 spiro atoms. The van der Waals surface area contributed by atoms with Crippen molar-refractivity contribution in [3.05, 3.63) is 34.9 Å². The molecule has 0 heterocycles. The lowest BCUT2D eigenvalue weighted by molar-refractivity contribution is 0.0314. The van der Waals surface area contributed by atoms with Crippen LogP contribution < -0.4 is 5.73 Å². The molecule has 4 heteroatoms. The quantitative estimate of drug-likeness (QED) is 0.591. The van der Waals surface area contributed by atoms with Crippen molar-refractivity contribution in [1.29, 1.82) is 5.41 Å². The second-order valence-electron chi connectivity index (χ2n) is 4.03. The zero-order valence-electron chi connectivity index (χ0n) is 8.13. The predicted molar refractivity (Wildman–Crippen MR) is 58.9 cm³/mol. The standard InChI is InChI=1S/C11H12ClFN2/c12-9-3-1-8(2-4-9)11(13)5-7(6-11)10(14)15/h1-4,7H,5-6H2,(H3,14,15). The van der Waals surface area contributed by atoms with E-state index in [0.29, 0.717) is 23.4 Å². The number of amidine groups is 1. The third kappa shape index (κ3) is 1.84. The van der Waals surface area contributed by atoms with Gasteiger partial charge in [0.1, 0.15) is 5.67 Å². The van der Waals surface area contributed by atoms with Gasteiger partial charge in [0.2, 0.25) is 0 Å². The van der Waals surface area contributed by atoms with Crippen LogP contribution in [-0.4, -0.2) is 5.84 Å². The topological polar surface area (TPSA) is 49.9 Å². The van der Waals surface area contributed by atoms with E-state index >= 15 is 0 Å². The zero-order chi connectivity index (χ0) is 11.1. The summed E-state index contributed by atoms with van der Waals surface area (Å²) in [5.74, 6) is -0.0251. The van der Waals surface area contributed by atoms with Gasteiger partial charge in [-0.1, -0.05) is 23.7 Å². The molecule has 0 saturated heterocycles. The van der Waals surface area contributed by atoms with Crippen LogP contribution >= 0.6 is 11.6 Å². The number of nitrogens with one attached hydrogen (secondary N) is 1. The second kappa shape index (κ2) is 3.49. The summed E-state index contributed by atoms with van der Waals surface area (Å²) in [5, 5.41) is 7.82. The fourth-order valence-electron chi connectivity index (χ4n) is 1.93. The van der Waals surface area contributed by atoms with Gasteiger partial charge < -0.3 is 5.73 Å². The summed E-state index contributed by atoms with van der Waals surface area (Å²) in [7, 11) is 0. The fourth-order valence-corrected chi connectivity index (χ4v) is 2.05. The highest BCUT2D eigenvalue weighted by Crippen LogP contribution is 2.49. The number of rotatable bonds is 2. The van der Waals surface area contributed by atoms with Gasteiger partial charge in [-0.05, 0) is 30.5 Å². The van der Waals surface area contributed by atoms with Crippen molar-refractivity contribution >= 4 is 17.4 Å². The molecule has 1 aromatic rings. The molecule has 2 nitrogen and oxygen atoms in total. The molecule has 0 aliphatic heterocycles. The molecular weight excluding hydrogens is 215 g/mol. The third-order valence-electron chi connectivity index (χ3n) is 2.94. The number of alkyl halides is 1. The first-order valence-electron chi connectivity index (χ1n) is 4.80. The molecule has 1 saturated carbocycles. The normalized spacial score (nSPS) is 29.6. The summed E-state index contributed by atoms with van der Waals surface area (Å²) in [6, 6.07) is 6.75. The molecule has 80 valence electrons. The Morgan fingerprint density at radius 1 is 1.40 bits per heavy atom. The van der Waals surface area contributed by atoms with Gasteiger partial charge in [0.05, 0.1) is 5.84 Å². The van der Waals surface area contributed by atoms with Crippen LogP contribution in [0, 0.1) is 11.3 Å². The van der Waals surface area contributed by atoms with Gasteiger partial charge in [-0.25, -0.2) is 4.39 Å². The van der Waals surface area contributed by atoms with Crippen molar-refractivity contribution < 1.29 is 4.39 Å². The maximum Gasteiger partial charge on any atom is 0.137 e. The molecule has 0 radical (unpaired) electrons. The van der Waals surface area contributed by atoms with Crippen LogP contribution in [0.4, 0.5) is 4.39 Å². The highest BCUT2D eigenvalue weighted by atomic mass is 35.5. The second-order valence-corrected chi connectivity index (χ2v) is 4.47. The maximum atomic E-state index is 14.2. The van der Waals surface area contributed by atoms with E-state index in [-0.39, 0.29) is 11.8 Å². The Kier molecular flexibility index (Phi) is 2.43. The van der Waals surface area contributed by atoms with Gasteiger partial charge in [-0.2, -0.15) is 0 Å². The van der Waals surface area contributed by atoms with E-state index in [1.165, 1.54) is 0 Å². The van der Waals surface area contributed by atoms with Crippen molar-refractivity contribution in [2.24, 2.45) is 11.7 Å². The third-order valence-corrected chi connectivity index (χ3v) is 3.19. The lowest BCUT2D eigenvalue weighted by atomic mass is 9.68. The summed E-state index contributed by atoms with van der Waals surface area (Å²) in [5.41, 5.74) is 4.63. The lowest BCUT2D eigenvalue weighted by Gasteiger charge is -2.41. The van der Waals surface area contributed by atoms with E-state index in [0.717, 1.165) is 0 Å². The minimum absolute atomic E-state index is 0.0808. The minimum Gasteiger partial charge on any atom is -0.387 e. The summed E-state index contributed by atoms with van der Waals surface area (Å²) < 4.78 is 14.2. The molecule has 0 bridgehead atoms. The van der Waals surface area contributed by atoms with Crippen molar-refractivity contribution in [1.82, 2.24) is 0 Å². The number of hydrogen-bond donors (Lipinski definition) is 2. The largest absolute Gasteiger partial charge is 0.387 e. The smallest absolute Gasteiger partial charge is 0.137 e. The predicted octanol–water partition coefficient (Wildman–Crippen LogP) is 2.85. The van der Waals surface area contributed by atoms with E-state index in [1.54, 1.807) is 24.3 Å². The van der Waals surface area contributed by atoms with Gasteiger partial charge >= 0.3 is 0 Å². The Balaban J connectivity index is 2.13. The lowest BCUT2D eigenvalue weighted by Crippen LogP contribution is -2.43. The number of halogens is 2. The van der Waals surface area contributed by atoms with Gasteiger partial charge in [0.15, 0.2) is 0 Å². The van der Waals surface area contributed by atoms with E-state index in [4.69, 9.17) is 22.7 Å². The van der Waals surface area contributed by atoms with Gasteiger partial charge in [-0.3, -0.25) is 5.41 Å². The van der Waals surface area contributed by atoms with Gasteiger partial charge in [0, 0.05) is 10.9 Å². The Labute approximate surface area is 92.7 Å². The highest BCUT2D eigenvalue weighted by Gasteiger charge is 2.47. The SMILES string of the molecule is N=C(N)C1CC(F)(c2ccc(Cl)cc2)C1. The molecule has 1 aliphatic carbocycles. The van der Waals surface area contributed by atoms with Crippen LogP contribution in [0.3, 0.4) is 0 Å². The molecule has 1 fully saturated rings. The van der Waals surface area contributed by atoms with Crippen molar-refractivity contribution in [2.45, 2.75) is 18.5 Å². The highest BCUT2D eigenvalue weighted by molar-refractivity contribution is 6.30. The molecule has 0 aromatic heterocycles. The maximum absolute atomic E-state index is 14.2. The van der Waals surface area contributed by atoms with Crippen molar-refractivity contribution in [3.8, 4) is 0 Å². The van der Waals surface area contributed by atoms with Gasteiger partial charge in [0.25, 0.3) is 0 Å². The molecule has 2 rings (SSSR count). The molecular formula is C11H12ClFN2. The molecule has 0 atom stereocenters. The number of hydrogen-bond acceptors (Lipinski definition) is 1. The van der Waals surface area contributed by atoms with Crippen LogP contribution in [0.2, 0.25) is 5.02 Å². The van der Waals surface area contributed by atoms with Crippen LogP contribution in [0.5, 0.6) is 0 Å². The van der Waals surface area contributed by atoms with Crippen LogP contribution in [-0.2, 0) is 5.67 Å². The first kappa shape index (κ1) is 10.4. The molecule has 1 aliphatic rings. The zero-order valence-corrected chi connectivity index (χ0v) is 8.89. The molecule has 15 heavy (non-hydrogen) atoms. The van der Waals surface area contributed by atoms with Crippen LogP contribution in [0.15, 0.2) is 24.3 Å². The summed E-state index contributed by atoms with van der Waals surface area (Å²) >= 11 is 5.73. The van der Waals surface area contributed by atoms with E-state index in [2.05, 4.69) is 0 Å². The average molecular weight is 227 g/mol. The number of benzene rings is 1. The molecule has 0 unspecified atom stereocenters. The Bertz CT molecular complexity index is 382. The van der Waals surface area contributed by atoms with E-state index in [1.807, 2.05) is 0 Å². The molecule has 0 amide bonds. The minimum atomic E-state index is -1.32. The van der Waals surface area contributed by atoms with Crippen molar-refractivity contribution in [2.75, 3.05) is 0 Å². The molecule has 3 N–H and O–H groups in total. The Morgan fingerprint density at radius 2 is 1.93 bits per heavy atom. The Hall–Kier alpha value is -1.09. The van der Waals surface area contributed by atoms with Crippen LogP contribution in [0.25, 0.3) is 0 Å². The first-order valence-corrected chi connectivity index (χ1v) is 5.18. The van der Waals surface area contributed by atoms with E-state index < -0.39 is 5.67 Å². The van der Waals surface area contributed by atoms with E-state index in [9.17, 15) is 4.39 Å². The van der Waals surface area contributed by atoms with Gasteiger partial charge in [-0.15, -0.1) is 0 Å². The first-order chi connectivity index (χ1) is 7.01. The van der Waals surface area contributed by atoms with Crippen molar-refractivity contribution in [3.63, 3.8) is 0 Å². The summed E-state index contributed by atoms with van der Waals surface area (Å²) in [4.78, 5) is 0. The number of nitrogens with two attached hydrogens (primary N) is 1. The monoisotopic (exact) mass is 226 g/mol. The summed E-state index contributed by atoms with van der Waals surface area (Å²) in [6.45, 7) is 0. The summed E-state index contributed by atoms with van der Waals surface area (Å²) in [6.07, 6.45) is 0.619. The van der Waals surface area contributed by atoms with Crippen LogP contribution in [0.1, 0.15) is 18.4 Å². The average Bonchev–Trinajstić information content (AvgIpc) is 2.13. The fraction of sp³-hybridized carbons (Fsp3) is 0.364. The Morgan fingerprint density at radius 3 is 2.40 bits per heavy atom.